The second-order valence-corrected chi connectivity index (χ2v) is 7.89. The molecule has 0 bridgehead atoms. The van der Waals surface area contributed by atoms with Crippen molar-refractivity contribution in [1.29, 1.82) is 0 Å². The van der Waals surface area contributed by atoms with Crippen LogP contribution in [0.25, 0.3) is 22.3 Å². The van der Waals surface area contributed by atoms with Gasteiger partial charge in [-0.15, -0.1) is 0 Å². The topological polar surface area (TPSA) is 77.8 Å². The third-order valence-corrected chi connectivity index (χ3v) is 5.85. The Hall–Kier alpha value is -4.05. The molecule has 3 N–H and O–H groups in total. The highest BCUT2D eigenvalue weighted by atomic mass is 16.4. The molecule has 4 aromatic rings. The van der Waals surface area contributed by atoms with Crippen LogP contribution in [-0.2, 0) is 4.79 Å². The Morgan fingerprint density at radius 1 is 0.594 bits per heavy atom. The van der Waals surface area contributed by atoms with Gasteiger partial charge in [0.05, 0.1) is 0 Å². The molecular formula is C28H24O4. The van der Waals surface area contributed by atoms with E-state index in [0.29, 0.717) is 44.5 Å². The van der Waals surface area contributed by atoms with Crippen LogP contribution in [0, 0.1) is 13.8 Å². The van der Waals surface area contributed by atoms with Crippen LogP contribution in [-0.4, -0.2) is 21.3 Å². The second-order valence-electron chi connectivity index (χ2n) is 7.89. The van der Waals surface area contributed by atoms with E-state index < -0.39 is 11.9 Å². The molecule has 0 unspecified atom stereocenters. The Bertz CT molecular complexity index is 1210. The molecule has 0 fully saturated rings. The summed E-state index contributed by atoms with van der Waals surface area (Å²) in [5, 5.41) is 31.7. The fraction of sp³-hybridized carbons (Fsp3) is 0.107. The van der Waals surface area contributed by atoms with Gasteiger partial charge in [-0.25, -0.2) is 0 Å². The van der Waals surface area contributed by atoms with Gasteiger partial charge in [0.2, 0.25) is 0 Å². The quantitative estimate of drug-likeness (QED) is 0.353. The number of para-hydroxylation sites is 2. The van der Waals surface area contributed by atoms with Crippen LogP contribution in [0.1, 0.15) is 28.2 Å². The summed E-state index contributed by atoms with van der Waals surface area (Å²) in [6.07, 6.45) is 0. The minimum absolute atomic E-state index is 0.133. The molecule has 4 rings (SSSR count). The fourth-order valence-corrected chi connectivity index (χ4v) is 4.17. The van der Waals surface area contributed by atoms with E-state index >= 15 is 0 Å². The first-order chi connectivity index (χ1) is 15.4. The van der Waals surface area contributed by atoms with E-state index in [9.17, 15) is 20.1 Å². The molecule has 0 aromatic heterocycles. The Labute approximate surface area is 187 Å². The second kappa shape index (κ2) is 8.60. The number of phenolic OH excluding ortho intramolecular Hbond substituents is 2. The summed E-state index contributed by atoms with van der Waals surface area (Å²) in [6, 6.07) is 25.4. The van der Waals surface area contributed by atoms with E-state index in [0.717, 1.165) is 0 Å². The van der Waals surface area contributed by atoms with Crippen molar-refractivity contribution in [1.82, 2.24) is 0 Å². The maximum absolute atomic E-state index is 12.6. The predicted molar refractivity (Wildman–Crippen MR) is 126 cm³/mol. The molecule has 4 heteroatoms. The van der Waals surface area contributed by atoms with Gasteiger partial charge in [-0.3, -0.25) is 4.79 Å². The summed E-state index contributed by atoms with van der Waals surface area (Å²) in [5.74, 6) is -1.74. The molecule has 0 amide bonds. The van der Waals surface area contributed by atoms with Crippen LogP contribution >= 0.6 is 0 Å². The lowest BCUT2D eigenvalue weighted by atomic mass is 9.82. The number of phenols is 2. The predicted octanol–water partition coefficient (Wildman–Crippen LogP) is 6.27. The van der Waals surface area contributed by atoms with Crippen LogP contribution < -0.4 is 0 Å². The number of benzene rings is 4. The highest BCUT2D eigenvalue weighted by Crippen LogP contribution is 2.42. The van der Waals surface area contributed by atoms with Gasteiger partial charge in [0.1, 0.15) is 17.4 Å². The largest absolute Gasteiger partial charge is 0.507 e. The summed E-state index contributed by atoms with van der Waals surface area (Å²) in [5.41, 5.74) is 5.06. The molecule has 0 aliphatic heterocycles. The normalized spacial score (nSPS) is 11.0. The molecule has 4 nitrogen and oxygen atoms in total. The van der Waals surface area contributed by atoms with Crippen molar-refractivity contribution in [2.45, 2.75) is 19.8 Å². The van der Waals surface area contributed by atoms with E-state index in [-0.39, 0.29) is 11.5 Å². The minimum Gasteiger partial charge on any atom is -0.507 e. The third kappa shape index (κ3) is 3.71. The first-order valence-corrected chi connectivity index (χ1v) is 10.4. The van der Waals surface area contributed by atoms with Crippen LogP contribution in [0.4, 0.5) is 0 Å². The van der Waals surface area contributed by atoms with Crippen LogP contribution in [0.2, 0.25) is 0 Å². The minimum atomic E-state index is -1.01. The molecule has 32 heavy (non-hydrogen) atoms. The Balaban J connectivity index is 1.97. The van der Waals surface area contributed by atoms with Gasteiger partial charge in [-0.2, -0.15) is 0 Å². The van der Waals surface area contributed by atoms with Gasteiger partial charge >= 0.3 is 5.97 Å². The van der Waals surface area contributed by atoms with Crippen LogP contribution in [0.5, 0.6) is 11.5 Å². The molecular weight excluding hydrogens is 400 g/mol. The number of carbonyl (C=O) groups is 1. The van der Waals surface area contributed by atoms with Crippen molar-refractivity contribution in [2.75, 3.05) is 0 Å². The summed E-state index contributed by atoms with van der Waals surface area (Å²) in [4.78, 5) is 12.6. The summed E-state index contributed by atoms with van der Waals surface area (Å²) < 4.78 is 0. The number of carboxylic acids is 1. The Kier molecular flexibility index (Phi) is 5.69. The number of carboxylic acid groups (broad SMARTS) is 1. The van der Waals surface area contributed by atoms with Crippen molar-refractivity contribution in [3.63, 3.8) is 0 Å². The van der Waals surface area contributed by atoms with Gasteiger partial charge in [-0.05, 0) is 47.2 Å². The van der Waals surface area contributed by atoms with Crippen LogP contribution in [0.15, 0.2) is 84.9 Å². The molecule has 4 aromatic carbocycles. The molecule has 0 saturated carbocycles. The monoisotopic (exact) mass is 424 g/mol. The van der Waals surface area contributed by atoms with Gasteiger partial charge in [0, 0.05) is 11.1 Å². The lowest BCUT2D eigenvalue weighted by Crippen LogP contribution is -2.15. The fourth-order valence-electron chi connectivity index (χ4n) is 4.17. The van der Waals surface area contributed by atoms with Gasteiger partial charge in [0.15, 0.2) is 0 Å². The molecule has 0 heterocycles. The zero-order valence-corrected chi connectivity index (χ0v) is 17.9. The number of hydrogen-bond acceptors (Lipinski definition) is 3. The summed E-state index contributed by atoms with van der Waals surface area (Å²) in [7, 11) is 0. The number of hydrogen-bond donors (Lipinski definition) is 3. The van der Waals surface area contributed by atoms with Crippen molar-refractivity contribution in [3.8, 4) is 33.8 Å². The maximum Gasteiger partial charge on any atom is 0.315 e. The first-order valence-electron chi connectivity index (χ1n) is 10.4. The Morgan fingerprint density at radius 3 is 1.38 bits per heavy atom. The van der Waals surface area contributed by atoms with E-state index in [4.69, 9.17) is 0 Å². The van der Waals surface area contributed by atoms with Crippen molar-refractivity contribution < 1.29 is 20.1 Å². The lowest BCUT2D eigenvalue weighted by molar-refractivity contribution is -0.137. The highest BCUT2D eigenvalue weighted by Gasteiger charge is 2.28. The summed E-state index contributed by atoms with van der Waals surface area (Å²) >= 11 is 0. The highest BCUT2D eigenvalue weighted by molar-refractivity contribution is 5.89. The van der Waals surface area contributed by atoms with E-state index in [1.54, 1.807) is 36.4 Å². The molecule has 0 radical (unpaired) electrons. The molecule has 0 saturated heterocycles. The van der Waals surface area contributed by atoms with Gasteiger partial charge in [0.25, 0.3) is 0 Å². The van der Waals surface area contributed by atoms with E-state index in [2.05, 4.69) is 0 Å². The molecule has 0 atom stereocenters. The smallest absolute Gasteiger partial charge is 0.315 e. The van der Waals surface area contributed by atoms with E-state index in [1.165, 1.54) is 0 Å². The van der Waals surface area contributed by atoms with Gasteiger partial charge in [-0.1, -0.05) is 84.9 Å². The average Bonchev–Trinajstić information content (AvgIpc) is 2.78. The summed E-state index contributed by atoms with van der Waals surface area (Å²) in [6.45, 7) is 3.62. The zero-order valence-electron chi connectivity index (χ0n) is 17.9. The molecule has 0 aliphatic rings. The van der Waals surface area contributed by atoms with E-state index in [1.807, 2.05) is 62.4 Å². The average molecular weight is 424 g/mol. The standard InChI is InChI=1S/C28H24O4/c1-17-9-7-15-23(26(17)29)19-11-3-5-13-21(19)25(28(31)32)22-14-6-4-12-20(22)24-16-8-10-18(2)27(24)30/h3-16,25,29-30H,1-2H3,(H,31,32). The zero-order chi connectivity index (χ0) is 22.8. The number of aromatic hydroxyl groups is 2. The number of aliphatic carboxylic acids is 1. The van der Waals surface area contributed by atoms with Gasteiger partial charge < -0.3 is 15.3 Å². The third-order valence-electron chi connectivity index (χ3n) is 5.85. The van der Waals surface area contributed by atoms with Crippen LogP contribution in [0.3, 0.4) is 0 Å². The van der Waals surface area contributed by atoms with Crippen molar-refractivity contribution in [3.05, 3.63) is 107 Å². The molecule has 0 spiro atoms. The maximum atomic E-state index is 12.6. The van der Waals surface area contributed by atoms with Crippen molar-refractivity contribution in [2.24, 2.45) is 0 Å². The SMILES string of the molecule is Cc1cccc(-c2ccccc2C(C(=O)O)c2ccccc2-c2cccc(C)c2O)c1O. The number of aryl methyl sites for hydroxylation is 2. The first kappa shape index (κ1) is 21.2. The number of rotatable bonds is 5. The molecule has 0 aliphatic carbocycles. The molecule has 160 valence electrons. The van der Waals surface area contributed by atoms with Crippen molar-refractivity contribution >= 4 is 5.97 Å². The Morgan fingerprint density at radius 2 is 0.969 bits per heavy atom. The lowest BCUT2D eigenvalue weighted by Gasteiger charge is -2.22.